The molecule has 18 heavy (non-hydrogen) atoms. The first kappa shape index (κ1) is 14.7. The van der Waals surface area contributed by atoms with Crippen molar-refractivity contribution in [2.24, 2.45) is 0 Å². The number of hydrogen-bond acceptors (Lipinski definition) is 2. The summed E-state index contributed by atoms with van der Waals surface area (Å²) in [4.78, 5) is 11.8. The number of aromatic hydroxyl groups is 1. The third-order valence-corrected chi connectivity index (χ3v) is 3.18. The molecule has 100 valence electrons. The fraction of sp³-hybridized carbons (Fsp3) is 0.562. The second kappa shape index (κ2) is 8.73. The van der Waals surface area contributed by atoms with E-state index >= 15 is 0 Å². The van der Waals surface area contributed by atoms with Crippen LogP contribution in [0.3, 0.4) is 0 Å². The first-order valence-electron chi connectivity index (χ1n) is 7.06. The molecule has 0 fully saturated rings. The molecule has 0 bridgehead atoms. The largest absolute Gasteiger partial charge is 0.508 e. The second-order valence-corrected chi connectivity index (χ2v) is 4.84. The van der Waals surface area contributed by atoms with E-state index < -0.39 is 0 Å². The van der Waals surface area contributed by atoms with Gasteiger partial charge in [0.2, 0.25) is 0 Å². The maximum atomic E-state index is 11.8. The van der Waals surface area contributed by atoms with Crippen LogP contribution in [0.25, 0.3) is 0 Å². The van der Waals surface area contributed by atoms with E-state index in [-0.39, 0.29) is 11.5 Å². The molecule has 0 aliphatic heterocycles. The lowest BCUT2D eigenvalue weighted by Crippen LogP contribution is -1.98. The van der Waals surface area contributed by atoms with Crippen molar-refractivity contribution in [3.05, 3.63) is 29.8 Å². The highest BCUT2D eigenvalue weighted by Gasteiger charge is 2.05. The van der Waals surface area contributed by atoms with Gasteiger partial charge in [-0.1, -0.05) is 57.6 Å². The third-order valence-electron chi connectivity index (χ3n) is 3.18. The lowest BCUT2D eigenvalue weighted by atomic mass is 10.0. The Morgan fingerprint density at radius 2 is 1.72 bits per heavy atom. The zero-order valence-corrected chi connectivity index (χ0v) is 11.3. The molecule has 0 spiro atoms. The molecule has 0 atom stereocenters. The first-order valence-corrected chi connectivity index (χ1v) is 7.06. The van der Waals surface area contributed by atoms with Gasteiger partial charge in [0, 0.05) is 12.0 Å². The quantitative estimate of drug-likeness (QED) is 0.507. The lowest BCUT2D eigenvalue weighted by Gasteiger charge is -2.02. The predicted molar refractivity (Wildman–Crippen MR) is 75.0 cm³/mol. The Hall–Kier alpha value is -1.31. The summed E-state index contributed by atoms with van der Waals surface area (Å²) in [5.74, 6) is 0.305. The molecule has 0 amide bonds. The topological polar surface area (TPSA) is 37.3 Å². The molecule has 0 aliphatic rings. The molecular formula is C16H24O2. The number of rotatable bonds is 9. The molecule has 0 unspecified atom stereocenters. The Labute approximate surface area is 110 Å². The Kier molecular flexibility index (Phi) is 7.16. The molecule has 0 radical (unpaired) electrons. The van der Waals surface area contributed by atoms with Gasteiger partial charge in [0.05, 0.1) is 0 Å². The number of phenolic OH excluding ortho intramolecular Hbond substituents is 1. The number of hydrogen-bond donors (Lipinski definition) is 1. The highest BCUT2D eigenvalue weighted by Crippen LogP contribution is 2.15. The summed E-state index contributed by atoms with van der Waals surface area (Å²) in [7, 11) is 0. The number of ketones is 1. The summed E-state index contributed by atoms with van der Waals surface area (Å²) in [6.45, 7) is 2.22. The molecule has 2 heteroatoms. The molecule has 0 heterocycles. The van der Waals surface area contributed by atoms with Gasteiger partial charge in [-0.2, -0.15) is 0 Å². The summed E-state index contributed by atoms with van der Waals surface area (Å²) >= 11 is 0. The van der Waals surface area contributed by atoms with E-state index in [1.807, 2.05) is 0 Å². The number of phenols is 1. The maximum absolute atomic E-state index is 11.8. The van der Waals surface area contributed by atoms with Crippen LogP contribution in [0.2, 0.25) is 0 Å². The number of benzene rings is 1. The third kappa shape index (κ3) is 5.85. The van der Waals surface area contributed by atoms with Crippen LogP contribution in [0.4, 0.5) is 0 Å². The van der Waals surface area contributed by atoms with Crippen LogP contribution in [0.1, 0.15) is 68.6 Å². The van der Waals surface area contributed by atoms with Crippen LogP contribution in [0.15, 0.2) is 24.3 Å². The predicted octanol–water partition coefficient (Wildman–Crippen LogP) is 4.72. The number of carbonyl (C=O) groups excluding carboxylic acids is 1. The minimum atomic E-state index is 0.138. The lowest BCUT2D eigenvalue weighted by molar-refractivity contribution is 0.0978. The Bertz CT molecular complexity index is 358. The summed E-state index contributed by atoms with van der Waals surface area (Å²) in [5, 5.41) is 9.30. The van der Waals surface area contributed by atoms with Crippen molar-refractivity contribution in [3.8, 4) is 5.75 Å². The van der Waals surface area contributed by atoms with E-state index in [9.17, 15) is 9.90 Å². The van der Waals surface area contributed by atoms with Crippen molar-refractivity contribution in [1.82, 2.24) is 0 Å². The smallest absolute Gasteiger partial charge is 0.163 e. The Morgan fingerprint density at radius 3 is 2.39 bits per heavy atom. The Morgan fingerprint density at radius 1 is 1.06 bits per heavy atom. The van der Waals surface area contributed by atoms with Gasteiger partial charge in [0.25, 0.3) is 0 Å². The van der Waals surface area contributed by atoms with Crippen LogP contribution >= 0.6 is 0 Å². The maximum Gasteiger partial charge on any atom is 0.163 e. The van der Waals surface area contributed by atoms with E-state index in [4.69, 9.17) is 0 Å². The van der Waals surface area contributed by atoms with Crippen LogP contribution in [-0.2, 0) is 0 Å². The van der Waals surface area contributed by atoms with E-state index in [2.05, 4.69) is 6.92 Å². The van der Waals surface area contributed by atoms with Gasteiger partial charge < -0.3 is 5.11 Å². The van der Waals surface area contributed by atoms with Gasteiger partial charge in [0.1, 0.15) is 5.75 Å². The molecule has 1 N–H and O–H groups in total. The van der Waals surface area contributed by atoms with Gasteiger partial charge in [-0.25, -0.2) is 0 Å². The van der Waals surface area contributed by atoms with Gasteiger partial charge in [-0.3, -0.25) is 4.79 Å². The average molecular weight is 248 g/mol. The number of unbranched alkanes of at least 4 members (excludes halogenated alkanes) is 6. The van der Waals surface area contributed by atoms with Gasteiger partial charge in [0.15, 0.2) is 5.78 Å². The highest BCUT2D eigenvalue weighted by molar-refractivity contribution is 5.96. The summed E-state index contributed by atoms with van der Waals surface area (Å²) < 4.78 is 0. The molecule has 1 aromatic rings. The first-order chi connectivity index (χ1) is 8.74. The fourth-order valence-corrected chi connectivity index (χ4v) is 2.07. The molecule has 0 saturated carbocycles. The van der Waals surface area contributed by atoms with E-state index in [1.165, 1.54) is 32.1 Å². The normalized spacial score (nSPS) is 10.5. The monoisotopic (exact) mass is 248 g/mol. The Balaban J connectivity index is 2.14. The van der Waals surface area contributed by atoms with Crippen LogP contribution in [0.5, 0.6) is 5.75 Å². The van der Waals surface area contributed by atoms with Crippen molar-refractivity contribution >= 4 is 5.78 Å². The minimum Gasteiger partial charge on any atom is -0.508 e. The van der Waals surface area contributed by atoms with Crippen molar-refractivity contribution < 1.29 is 9.90 Å². The average Bonchev–Trinajstić information content (AvgIpc) is 2.37. The number of carbonyl (C=O) groups is 1. The summed E-state index contributed by atoms with van der Waals surface area (Å²) in [5.41, 5.74) is 0.626. The highest BCUT2D eigenvalue weighted by atomic mass is 16.3. The van der Waals surface area contributed by atoms with Crippen molar-refractivity contribution in [2.45, 2.75) is 58.3 Å². The van der Waals surface area contributed by atoms with E-state index in [0.29, 0.717) is 12.0 Å². The zero-order valence-electron chi connectivity index (χ0n) is 11.3. The van der Waals surface area contributed by atoms with Crippen LogP contribution in [0, 0.1) is 0 Å². The second-order valence-electron chi connectivity index (χ2n) is 4.84. The summed E-state index contributed by atoms with van der Waals surface area (Å²) in [6.07, 6.45) is 9.11. The minimum absolute atomic E-state index is 0.138. The molecule has 1 rings (SSSR count). The van der Waals surface area contributed by atoms with E-state index in [0.717, 1.165) is 12.8 Å². The van der Waals surface area contributed by atoms with Crippen molar-refractivity contribution in [2.75, 3.05) is 0 Å². The molecule has 0 aliphatic carbocycles. The molecule has 2 nitrogen and oxygen atoms in total. The molecule has 1 aromatic carbocycles. The SMILES string of the molecule is CCCCCCCCCC(=O)c1cccc(O)c1. The van der Waals surface area contributed by atoms with Gasteiger partial charge in [-0.05, 0) is 18.6 Å². The van der Waals surface area contributed by atoms with E-state index in [1.54, 1.807) is 24.3 Å². The van der Waals surface area contributed by atoms with Crippen LogP contribution in [-0.4, -0.2) is 10.9 Å². The number of Topliss-reactive ketones (excluding diaryl/α,β-unsaturated/α-hetero) is 1. The van der Waals surface area contributed by atoms with Crippen molar-refractivity contribution in [3.63, 3.8) is 0 Å². The van der Waals surface area contributed by atoms with Crippen molar-refractivity contribution in [1.29, 1.82) is 0 Å². The molecule has 0 aromatic heterocycles. The molecule has 0 saturated heterocycles. The standard InChI is InChI=1S/C16H24O2/c1-2-3-4-5-6-7-8-12-16(18)14-10-9-11-15(17)13-14/h9-11,13,17H,2-8,12H2,1H3. The summed E-state index contributed by atoms with van der Waals surface area (Å²) in [6, 6.07) is 6.62. The van der Waals surface area contributed by atoms with Gasteiger partial charge >= 0.3 is 0 Å². The van der Waals surface area contributed by atoms with Gasteiger partial charge in [-0.15, -0.1) is 0 Å². The van der Waals surface area contributed by atoms with Crippen LogP contribution < -0.4 is 0 Å². The molecular weight excluding hydrogens is 224 g/mol. The zero-order chi connectivity index (χ0) is 13.2. The fourth-order valence-electron chi connectivity index (χ4n) is 2.07.